The number of fused-ring (bicyclic) bond motifs is 1. The molecule has 7 nitrogen and oxygen atoms in total. The third-order valence-electron chi connectivity index (χ3n) is 5.56. The molecule has 1 aromatic heterocycles. The van der Waals surface area contributed by atoms with Gasteiger partial charge in [-0.3, -0.25) is 0 Å². The maximum Gasteiger partial charge on any atom is 0.407 e. The predicted molar refractivity (Wildman–Crippen MR) is 95.2 cm³/mol. The Morgan fingerprint density at radius 3 is 3.07 bits per heavy atom. The van der Waals surface area contributed by atoms with Crippen LogP contribution in [0.1, 0.15) is 24.8 Å². The van der Waals surface area contributed by atoms with Crippen LogP contribution < -0.4 is 5.32 Å². The molecule has 1 aliphatic heterocycles. The van der Waals surface area contributed by atoms with Crippen molar-refractivity contribution in [3.8, 4) is 6.07 Å². The number of alkyl halides is 1. The van der Waals surface area contributed by atoms with Crippen molar-refractivity contribution in [2.45, 2.75) is 43.2 Å². The maximum absolute atomic E-state index is 15.1. The van der Waals surface area contributed by atoms with E-state index in [4.69, 9.17) is 21.1 Å². The summed E-state index contributed by atoms with van der Waals surface area (Å²) >= 11 is 6.21. The molecule has 1 aliphatic carbocycles. The molecule has 1 spiro atoms. The molecule has 1 aromatic carbocycles. The Bertz CT molecular complexity index is 958. The van der Waals surface area contributed by atoms with Crippen LogP contribution in [-0.2, 0) is 16.0 Å². The number of imidazole rings is 1. The van der Waals surface area contributed by atoms with Crippen LogP contribution in [0.25, 0.3) is 11.0 Å². The summed E-state index contributed by atoms with van der Waals surface area (Å²) in [5.41, 5.74) is -0.401. The van der Waals surface area contributed by atoms with E-state index in [1.54, 1.807) is 23.0 Å². The molecule has 2 heterocycles. The van der Waals surface area contributed by atoms with Crippen LogP contribution in [0, 0.1) is 11.3 Å². The molecule has 1 N–H and O–H groups in total. The molecular formula is C18H18ClFN4O3. The summed E-state index contributed by atoms with van der Waals surface area (Å²) in [6.45, 7) is 0.491. The van der Waals surface area contributed by atoms with E-state index in [0.29, 0.717) is 34.6 Å². The number of nitrogens with zero attached hydrogens (tertiary/aromatic N) is 3. The molecule has 2 aliphatic rings. The minimum atomic E-state index is -1.24. The Morgan fingerprint density at radius 2 is 2.41 bits per heavy atom. The summed E-state index contributed by atoms with van der Waals surface area (Å²) in [7, 11) is 1.46. The lowest BCUT2D eigenvalue weighted by molar-refractivity contribution is -0.153. The number of hydrogen-bond donors (Lipinski definition) is 1. The SMILES string of the molecule is CO[C@]1(Cn2cnc3c(Cl)cc(C#N)cc32)C[C@@]2(CC[C@H]1F)CNC(=O)O2. The molecule has 0 unspecified atom stereocenters. The summed E-state index contributed by atoms with van der Waals surface area (Å²) in [5.74, 6) is 0. The number of nitriles is 1. The van der Waals surface area contributed by atoms with Gasteiger partial charge in [0.15, 0.2) is 0 Å². The maximum atomic E-state index is 15.1. The zero-order valence-corrected chi connectivity index (χ0v) is 15.4. The van der Waals surface area contributed by atoms with Crippen LogP contribution in [0.5, 0.6) is 0 Å². The topological polar surface area (TPSA) is 89.2 Å². The Morgan fingerprint density at radius 1 is 1.59 bits per heavy atom. The lowest BCUT2D eigenvalue weighted by Gasteiger charge is -2.45. The average Bonchev–Trinajstić information content (AvgIpc) is 3.22. The van der Waals surface area contributed by atoms with Gasteiger partial charge in [-0.2, -0.15) is 5.26 Å². The molecule has 1 saturated heterocycles. The van der Waals surface area contributed by atoms with E-state index in [1.807, 2.05) is 0 Å². The first kappa shape index (κ1) is 18.0. The van der Waals surface area contributed by atoms with Gasteiger partial charge in [0.1, 0.15) is 22.9 Å². The van der Waals surface area contributed by atoms with Gasteiger partial charge in [-0.25, -0.2) is 14.2 Å². The van der Waals surface area contributed by atoms with Gasteiger partial charge < -0.3 is 19.4 Å². The van der Waals surface area contributed by atoms with Crippen molar-refractivity contribution in [2.24, 2.45) is 0 Å². The van der Waals surface area contributed by atoms with E-state index in [9.17, 15) is 10.1 Å². The second-order valence-electron chi connectivity index (χ2n) is 7.19. The molecule has 142 valence electrons. The molecular weight excluding hydrogens is 375 g/mol. The number of benzene rings is 1. The predicted octanol–water partition coefficient (Wildman–Crippen LogP) is 2.95. The lowest BCUT2D eigenvalue weighted by atomic mass is 9.73. The summed E-state index contributed by atoms with van der Waals surface area (Å²) in [5, 5.41) is 12.2. The van der Waals surface area contributed by atoms with E-state index in [2.05, 4.69) is 16.4 Å². The number of rotatable bonds is 3. The van der Waals surface area contributed by atoms with Crippen molar-refractivity contribution in [3.05, 3.63) is 29.0 Å². The van der Waals surface area contributed by atoms with Crippen LogP contribution in [0.3, 0.4) is 0 Å². The second kappa shape index (κ2) is 6.36. The van der Waals surface area contributed by atoms with Crippen molar-refractivity contribution < 1.29 is 18.7 Å². The van der Waals surface area contributed by atoms with E-state index in [-0.39, 0.29) is 19.4 Å². The fourth-order valence-electron chi connectivity index (χ4n) is 4.16. The van der Waals surface area contributed by atoms with Crippen molar-refractivity contribution >= 4 is 28.7 Å². The smallest absolute Gasteiger partial charge is 0.407 e. The van der Waals surface area contributed by atoms with E-state index >= 15 is 4.39 Å². The highest BCUT2D eigenvalue weighted by Crippen LogP contribution is 2.44. The molecule has 9 heteroatoms. The number of ether oxygens (including phenoxy) is 2. The van der Waals surface area contributed by atoms with Gasteiger partial charge in [0.2, 0.25) is 0 Å². The van der Waals surface area contributed by atoms with Crippen LogP contribution in [0.15, 0.2) is 18.5 Å². The highest BCUT2D eigenvalue weighted by atomic mass is 35.5. The van der Waals surface area contributed by atoms with Crippen molar-refractivity contribution in [1.82, 2.24) is 14.9 Å². The van der Waals surface area contributed by atoms with Crippen molar-refractivity contribution in [3.63, 3.8) is 0 Å². The molecule has 1 amide bonds. The Kier molecular flexibility index (Phi) is 4.24. The van der Waals surface area contributed by atoms with Gasteiger partial charge >= 0.3 is 6.09 Å². The van der Waals surface area contributed by atoms with Gasteiger partial charge in [0, 0.05) is 13.5 Å². The van der Waals surface area contributed by atoms with Gasteiger partial charge in [-0.1, -0.05) is 11.6 Å². The fourth-order valence-corrected chi connectivity index (χ4v) is 4.42. The number of alkyl carbamates (subject to hydrolysis) is 1. The Labute approximate surface area is 160 Å². The molecule has 0 bridgehead atoms. The number of carbonyl (C=O) groups excluding carboxylic acids is 1. The van der Waals surface area contributed by atoms with Gasteiger partial charge in [0.25, 0.3) is 0 Å². The molecule has 3 atom stereocenters. The highest BCUT2D eigenvalue weighted by Gasteiger charge is 2.55. The van der Waals surface area contributed by atoms with E-state index in [1.165, 1.54) is 7.11 Å². The summed E-state index contributed by atoms with van der Waals surface area (Å²) < 4.78 is 27.9. The summed E-state index contributed by atoms with van der Waals surface area (Å²) in [4.78, 5) is 15.9. The van der Waals surface area contributed by atoms with Crippen LogP contribution in [-0.4, -0.2) is 46.7 Å². The Hall–Kier alpha value is -2.37. The summed E-state index contributed by atoms with van der Waals surface area (Å²) in [6, 6.07) is 5.27. The summed E-state index contributed by atoms with van der Waals surface area (Å²) in [6.07, 6.45) is 0.718. The lowest BCUT2D eigenvalue weighted by Crippen LogP contribution is -2.57. The normalized spacial score (nSPS) is 30.3. The third kappa shape index (κ3) is 2.91. The van der Waals surface area contributed by atoms with Crippen LogP contribution in [0.4, 0.5) is 9.18 Å². The van der Waals surface area contributed by atoms with Crippen molar-refractivity contribution in [1.29, 1.82) is 5.26 Å². The molecule has 4 rings (SSSR count). The number of amides is 1. The molecule has 1 saturated carbocycles. The van der Waals surface area contributed by atoms with Gasteiger partial charge in [-0.05, 0) is 25.0 Å². The first-order chi connectivity index (χ1) is 12.9. The van der Waals surface area contributed by atoms with E-state index in [0.717, 1.165) is 0 Å². The monoisotopic (exact) mass is 392 g/mol. The molecule has 2 aromatic rings. The minimum absolute atomic E-state index is 0.158. The number of hydrogen-bond acceptors (Lipinski definition) is 5. The number of halogens is 2. The quantitative estimate of drug-likeness (QED) is 0.867. The fraction of sp³-hybridized carbons (Fsp3) is 0.500. The van der Waals surface area contributed by atoms with Crippen LogP contribution in [0.2, 0.25) is 5.02 Å². The molecule has 27 heavy (non-hydrogen) atoms. The zero-order valence-electron chi connectivity index (χ0n) is 14.7. The van der Waals surface area contributed by atoms with Gasteiger partial charge in [-0.15, -0.1) is 0 Å². The minimum Gasteiger partial charge on any atom is -0.441 e. The third-order valence-corrected chi connectivity index (χ3v) is 5.85. The standard InChI is InChI=1S/C18H18ClFN4O3/c1-26-18(7-17(3-2-14(18)20)8-22-16(25)27-17)9-24-10-23-15-12(19)4-11(6-21)5-13(15)24/h4-5,10,14H,2-3,7-9H2,1H3,(H,22,25)/t14-,17+,18+/m1/s1. The average molecular weight is 393 g/mol. The Balaban J connectivity index is 1.72. The second-order valence-corrected chi connectivity index (χ2v) is 7.60. The first-order valence-corrected chi connectivity index (χ1v) is 8.99. The zero-order chi connectivity index (χ0) is 19.2. The van der Waals surface area contributed by atoms with Crippen LogP contribution >= 0.6 is 11.6 Å². The number of aromatic nitrogens is 2. The van der Waals surface area contributed by atoms with E-state index < -0.39 is 23.5 Å². The molecule has 0 radical (unpaired) electrons. The van der Waals surface area contributed by atoms with Gasteiger partial charge in [0.05, 0.1) is 41.6 Å². The largest absolute Gasteiger partial charge is 0.441 e. The first-order valence-electron chi connectivity index (χ1n) is 8.61. The number of nitrogens with one attached hydrogen (secondary N) is 1. The molecule has 2 fully saturated rings. The highest BCUT2D eigenvalue weighted by molar-refractivity contribution is 6.35. The van der Waals surface area contributed by atoms with Crippen molar-refractivity contribution in [2.75, 3.05) is 13.7 Å². The number of carbonyl (C=O) groups is 1. The number of methoxy groups -OCH3 is 1.